The average Bonchev–Trinajstić information content (AvgIpc) is 2.11. The number of hydrogen-bond acceptors (Lipinski definition) is 2. The Morgan fingerprint density at radius 2 is 1.00 bits per heavy atom. The first-order valence-corrected chi connectivity index (χ1v) is 6.48. The minimum Gasteiger partial charge on any atom is -0.387 e. The highest BCUT2D eigenvalue weighted by Crippen LogP contribution is 2.25. The van der Waals surface area contributed by atoms with Crippen molar-refractivity contribution in [1.82, 2.24) is 0 Å². The molecule has 19 heavy (non-hydrogen) atoms. The Morgan fingerprint density at radius 3 is 1.26 bits per heavy atom. The van der Waals surface area contributed by atoms with E-state index in [0.717, 1.165) is 0 Å². The van der Waals surface area contributed by atoms with Crippen molar-refractivity contribution < 1.29 is 48.4 Å². The minimum atomic E-state index is -4.84. The Labute approximate surface area is 103 Å². The normalized spacial score (nSPS) is 14.2. The van der Waals surface area contributed by atoms with Gasteiger partial charge in [0.2, 0.25) is 0 Å². The fourth-order valence-electron chi connectivity index (χ4n) is 0.871. The summed E-state index contributed by atoms with van der Waals surface area (Å²) in [5, 5.41) is 0. The second-order valence-electron chi connectivity index (χ2n) is 3.44. The third-order valence-corrected chi connectivity index (χ3v) is 3.37. The van der Waals surface area contributed by atoms with Gasteiger partial charge in [-0.2, -0.15) is 39.5 Å². The van der Waals surface area contributed by atoms with Gasteiger partial charge in [0.1, 0.15) is 13.2 Å². The summed E-state index contributed by atoms with van der Waals surface area (Å²) in [5.41, 5.74) is 0. The predicted molar refractivity (Wildman–Crippen MR) is 46.6 cm³/mol. The van der Waals surface area contributed by atoms with E-state index in [1.807, 2.05) is 0 Å². The van der Waals surface area contributed by atoms with Gasteiger partial charge in [0.05, 0.1) is 0 Å². The van der Waals surface area contributed by atoms with Crippen LogP contribution in [-0.4, -0.2) is 41.0 Å². The molecule has 0 rings (SSSR count). The molecule has 0 aliphatic heterocycles. The van der Waals surface area contributed by atoms with E-state index in [1.54, 1.807) is 0 Å². The number of rotatable bonds is 6. The van der Waals surface area contributed by atoms with Crippen LogP contribution < -0.4 is 0 Å². The summed E-state index contributed by atoms with van der Waals surface area (Å²) in [5.74, 6) is 0. The molecule has 0 amide bonds. The first-order valence-electron chi connectivity index (χ1n) is 4.72. The zero-order chi connectivity index (χ0) is 15.3. The maximum atomic E-state index is 11.8. The fourth-order valence-corrected chi connectivity index (χ4v) is 2.61. The van der Waals surface area contributed by atoms with Crippen LogP contribution in [0.2, 0.25) is 6.04 Å². The highest BCUT2D eigenvalue weighted by molar-refractivity contribution is 6.44. The SMILES string of the molecule is FC(F)(F)CC[SiH](OCC(F)(F)F)OCC(F)(F)F. The molecule has 0 heterocycles. The molecule has 0 unspecified atom stereocenters. The summed E-state index contributed by atoms with van der Waals surface area (Å²) in [6.45, 7) is -3.86. The quantitative estimate of drug-likeness (QED) is 0.551. The van der Waals surface area contributed by atoms with Crippen molar-refractivity contribution in [3.8, 4) is 0 Å². The molecule has 0 saturated heterocycles. The Morgan fingerprint density at radius 1 is 0.632 bits per heavy atom. The van der Waals surface area contributed by atoms with Crippen molar-refractivity contribution in [3.05, 3.63) is 0 Å². The maximum absolute atomic E-state index is 11.8. The molecule has 0 aromatic rings. The molecule has 0 bridgehead atoms. The van der Waals surface area contributed by atoms with Crippen LogP contribution in [-0.2, 0) is 8.85 Å². The zero-order valence-corrected chi connectivity index (χ0v) is 10.3. The van der Waals surface area contributed by atoms with Crippen LogP contribution in [0.25, 0.3) is 0 Å². The van der Waals surface area contributed by atoms with Crippen molar-refractivity contribution in [2.24, 2.45) is 0 Å². The highest BCUT2D eigenvalue weighted by atomic mass is 28.3. The molecule has 0 radical (unpaired) electrons. The molecular weight excluding hydrogens is 315 g/mol. The smallest absolute Gasteiger partial charge is 0.387 e. The van der Waals surface area contributed by atoms with E-state index in [1.165, 1.54) is 0 Å². The van der Waals surface area contributed by atoms with Crippen LogP contribution in [0.4, 0.5) is 39.5 Å². The third-order valence-electron chi connectivity index (χ3n) is 1.53. The standard InChI is InChI=1S/C7H9F9O2Si/c8-5(9,10)1-2-19(17-3-6(11,12)13)18-4-7(14,15)16/h19H,1-4H2. The summed E-state index contributed by atoms with van der Waals surface area (Å²) in [7, 11) is -3.69. The molecule has 0 fully saturated rings. The van der Waals surface area contributed by atoms with Crippen LogP contribution in [0.5, 0.6) is 0 Å². The molecule has 12 heteroatoms. The van der Waals surface area contributed by atoms with Crippen LogP contribution >= 0.6 is 0 Å². The number of hydrogen-bond donors (Lipinski definition) is 0. The molecule has 0 atom stereocenters. The van der Waals surface area contributed by atoms with Crippen molar-refractivity contribution in [2.45, 2.75) is 31.0 Å². The topological polar surface area (TPSA) is 18.5 Å². The first kappa shape index (κ1) is 18.5. The van der Waals surface area contributed by atoms with E-state index >= 15 is 0 Å². The lowest BCUT2D eigenvalue weighted by atomic mass is 10.5. The lowest BCUT2D eigenvalue weighted by Gasteiger charge is -2.19. The van der Waals surface area contributed by atoms with Gasteiger partial charge in [0, 0.05) is 6.42 Å². The van der Waals surface area contributed by atoms with E-state index in [-0.39, 0.29) is 0 Å². The van der Waals surface area contributed by atoms with Crippen LogP contribution in [0.3, 0.4) is 0 Å². The van der Waals surface area contributed by atoms with E-state index < -0.39 is 53.5 Å². The van der Waals surface area contributed by atoms with E-state index in [0.29, 0.717) is 0 Å². The Bertz CT molecular complexity index is 216. The van der Waals surface area contributed by atoms with Gasteiger partial charge < -0.3 is 8.85 Å². The second kappa shape index (κ2) is 6.79. The summed E-state index contributed by atoms with van der Waals surface area (Å²) >= 11 is 0. The van der Waals surface area contributed by atoms with Crippen molar-refractivity contribution in [2.75, 3.05) is 13.2 Å². The first-order chi connectivity index (χ1) is 8.29. The lowest BCUT2D eigenvalue weighted by Crippen LogP contribution is -2.33. The van der Waals surface area contributed by atoms with Gasteiger partial charge in [-0.3, -0.25) is 0 Å². The number of halogens is 9. The molecule has 0 aromatic carbocycles. The molecule has 2 nitrogen and oxygen atoms in total. The van der Waals surface area contributed by atoms with Crippen LogP contribution in [0.1, 0.15) is 6.42 Å². The van der Waals surface area contributed by atoms with E-state index in [9.17, 15) is 39.5 Å². The van der Waals surface area contributed by atoms with Gasteiger partial charge in [0.25, 0.3) is 0 Å². The van der Waals surface area contributed by atoms with Crippen molar-refractivity contribution in [3.63, 3.8) is 0 Å². The van der Waals surface area contributed by atoms with Gasteiger partial charge >= 0.3 is 27.8 Å². The van der Waals surface area contributed by atoms with Gasteiger partial charge in [-0.1, -0.05) is 0 Å². The van der Waals surface area contributed by atoms with Gasteiger partial charge in [-0.15, -0.1) is 0 Å². The second-order valence-corrected chi connectivity index (χ2v) is 5.54. The molecule has 0 spiro atoms. The Hall–Kier alpha value is -0.493. The van der Waals surface area contributed by atoms with Crippen LogP contribution in [0, 0.1) is 0 Å². The average molecular weight is 324 g/mol. The predicted octanol–water partition coefficient (Wildman–Crippen LogP) is 3.32. The van der Waals surface area contributed by atoms with Gasteiger partial charge in [0.15, 0.2) is 0 Å². The third kappa shape index (κ3) is 13.7. The molecule has 0 aromatic heterocycles. The zero-order valence-electron chi connectivity index (χ0n) is 9.12. The fraction of sp³-hybridized carbons (Fsp3) is 1.00. The molecule has 0 saturated carbocycles. The lowest BCUT2D eigenvalue weighted by molar-refractivity contribution is -0.169. The van der Waals surface area contributed by atoms with Gasteiger partial charge in [-0.25, -0.2) is 0 Å². The Balaban J connectivity index is 4.30. The minimum absolute atomic E-state index is 1.02. The van der Waals surface area contributed by atoms with E-state index in [2.05, 4.69) is 8.85 Å². The molecule has 0 N–H and O–H groups in total. The molecule has 0 aliphatic rings. The number of alkyl halides is 9. The van der Waals surface area contributed by atoms with Crippen LogP contribution in [0.15, 0.2) is 0 Å². The molecular formula is C7H9F9O2Si. The van der Waals surface area contributed by atoms with Crippen molar-refractivity contribution in [1.29, 1.82) is 0 Å². The molecule has 0 aliphatic carbocycles. The monoisotopic (exact) mass is 324 g/mol. The highest BCUT2D eigenvalue weighted by Gasteiger charge is 2.36. The van der Waals surface area contributed by atoms with Gasteiger partial charge in [-0.05, 0) is 6.04 Å². The summed E-state index contributed by atoms with van der Waals surface area (Å²) in [4.78, 5) is 0. The summed E-state index contributed by atoms with van der Waals surface area (Å²) in [6.07, 6.45) is -15.9. The summed E-state index contributed by atoms with van der Waals surface area (Å²) in [6, 6.07) is -1.02. The maximum Gasteiger partial charge on any atom is 0.410 e. The summed E-state index contributed by atoms with van der Waals surface area (Å²) < 4.78 is 114. The molecule has 116 valence electrons. The Kier molecular flexibility index (Phi) is 6.61. The van der Waals surface area contributed by atoms with Crippen molar-refractivity contribution >= 4 is 9.28 Å². The largest absolute Gasteiger partial charge is 0.410 e. The van der Waals surface area contributed by atoms with E-state index in [4.69, 9.17) is 0 Å².